The van der Waals surface area contributed by atoms with Crippen molar-refractivity contribution >= 4 is 39.4 Å². The molecule has 0 bridgehead atoms. The van der Waals surface area contributed by atoms with Crippen molar-refractivity contribution in [1.82, 2.24) is 26.2 Å². The summed E-state index contributed by atoms with van der Waals surface area (Å²) in [6, 6.07) is 14.5. The molecule has 1 heterocycles. The van der Waals surface area contributed by atoms with Gasteiger partial charge in [0.2, 0.25) is 17.7 Å². The third-order valence-electron chi connectivity index (χ3n) is 10.3. The first kappa shape index (κ1) is 52.8. The van der Waals surface area contributed by atoms with Crippen LogP contribution in [0.2, 0.25) is 0 Å². The number of Topliss-reactive ketones (excluding diaryl/α,β-unsaturated/α-hetero) is 2. The van der Waals surface area contributed by atoms with Gasteiger partial charge in [-0.3, -0.25) is 33.1 Å². The van der Waals surface area contributed by atoms with Gasteiger partial charge in [0.1, 0.15) is 37.5 Å². The number of terminal acetylenes is 1. The van der Waals surface area contributed by atoms with Crippen molar-refractivity contribution in [3.8, 4) is 12.3 Å². The second-order valence-electron chi connectivity index (χ2n) is 16.8. The van der Waals surface area contributed by atoms with Crippen LogP contribution in [0, 0.1) is 24.2 Å². The van der Waals surface area contributed by atoms with Crippen molar-refractivity contribution in [1.29, 1.82) is 0 Å². The Morgan fingerprint density at radius 1 is 0.825 bits per heavy atom. The number of nitrogens with one attached hydrogen (secondary N) is 4. The molecule has 17 heteroatoms. The van der Waals surface area contributed by atoms with Gasteiger partial charge in [0.15, 0.2) is 16.9 Å². The zero-order chi connectivity index (χ0) is 46.6. The molecule has 2 aromatic rings. The Kier molecular flexibility index (Phi) is 22.0. The Morgan fingerprint density at radius 3 is 1.92 bits per heavy atom. The minimum Gasteiger partial charge on any atom is -0.380 e. The molecule has 1 aliphatic heterocycles. The van der Waals surface area contributed by atoms with Crippen LogP contribution in [0.5, 0.6) is 0 Å². The van der Waals surface area contributed by atoms with Gasteiger partial charge in [-0.2, -0.15) is 8.42 Å². The van der Waals surface area contributed by atoms with E-state index in [-0.39, 0.29) is 69.9 Å². The summed E-state index contributed by atoms with van der Waals surface area (Å²) in [6.45, 7) is 9.46. The number of hydrogen-bond donors (Lipinski definition) is 5. The van der Waals surface area contributed by atoms with Crippen molar-refractivity contribution in [2.24, 2.45) is 11.8 Å². The van der Waals surface area contributed by atoms with Crippen LogP contribution in [0.3, 0.4) is 0 Å². The first-order chi connectivity index (χ1) is 29.9. The normalized spacial score (nSPS) is 16.8. The van der Waals surface area contributed by atoms with E-state index < -0.39 is 81.9 Å². The number of morpholine rings is 1. The van der Waals surface area contributed by atoms with Crippen molar-refractivity contribution in [2.75, 3.05) is 52.7 Å². The van der Waals surface area contributed by atoms with E-state index in [1.807, 2.05) is 51.1 Å². The summed E-state index contributed by atoms with van der Waals surface area (Å²) in [5.41, 5.74) is -0.714. The van der Waals surface area contributed by atoms with Crippen LogP contribution in [0.1, 0.15) is 71.9 Å². The van der Waals surface area contributed by atoms with E-state index in [2.05, 4.69) is 27.2 Å². The molecule has 348 valence electrons. The van der Waals surface area contributed by atoms with Crippen LogP contribution in [-0.2, 0) is 60.6 Å². The summed E-state index contributed by atoms with van der Waals surface area (Å²) in [5.74, 6) is -1.52. The molecule has 1 aliphatic rings. The summed E-state index contributed by atoms with van der Waals surface area (Å²) >= 11 is 0. The summed E-state index contributed by atoms with van der Waals surface area (Å²) in [7, 11) is -4.80. The molecule has 16 nitrogen and oxygen atoms in total. The molecule has 0 saturated carbocycles. The van der Waals surface area contributed by atoms with E-state index >= 15 is 0 Å². The second kappa shape index (κ2) is 26.3. The van der Waals surface area contributed by atoms with E-state index in [1.165, 1.54) is 4.90 Å². The van der Waals surface area contributed by atoms with Crippen LogP contribution in [0.25, 0.3) is 0 Å². The minimum atomic E-state index is -4.80. The number of ether oxygens (including phenoxy) is 2. The average molecular weight is 898 g/mol. The van der Waals surface area contributed by atoms with Gasteiger partial charge in [-0.15, -0.1) is 6.42 Å². The monoisotopic (exact) mass is 897 g/mol. The number of carbonyl (C=O) groups excluding carboxylic acids is 5. The number of rotatable bonds is 28. The SMILES string of the molecule is C#CCOCC(=O)C(N1CCOCC1)S(=O)(=O)OC[C@@](C)(O)C(=O)[C@H](CC(C)C)NC(=O)[C@H](Cc1ccccc1)NC(=O)[C@H](CC(C)C)NC(=O)[C@H](CCc1ccccc1)NCC. The average Bonchev–Trinajstić information content (AvgIpc) is 3.24. The zero-order valence-electron chi connectivity index (χ0n) is 37.5. The zero-order valence-corrected chi connectivity index (χ0v) is 38.3. The fourth-order valence-corrected chi connectivity index (χ4v) is 8.65. The molecule has 0 spiro atoms. The van der Waals surface area contributed by atoms with Gasteiger partial charge < -0.3 is 35.8 Å². The molecule has 0 aromatic heterocycles. The Bertz CT molecular complexity index is 1920. The maximum atomic E-state index is 14.3. The Hall–Kier alpha value is -4.54. The molecule has 1 saturated heterocycles. The van der Waals surface area contributed by atoms with Gasteiger partial charge >= 0.3 is 0 Å². The molecule has 1 unspecified atom stereocenters. The molecule has 1 fully saturated rings. The number of ketones is 2. The third-order valence-corrected chi connectivity index (χ3v) is 11.9. The Labute approximate surface area is 373 Å². The molecule has 3 rings (SSSR count). The fraction of sp³-hybridized carbons (Fsp3) is 0.587. The number of hydrogen-bond acceptors (Lipinski definition) is 13. The largest absolute Gasteiger partial charge is 0.380 e. The predicted molar refractivity (Wildman–Crippen MR) is 238 cm³/mol. The van der Waals surface area contributed by atoms with Gasteiger partial charge in [-0.25, -0.2) is 0 Å². The fourth-order valence-electron chi connectivity index (χ4n) is 7.16. The van der Waals surface area contributed by atoms with Gasteiger partial charge in [-0.1, -0.05) is 101 Å². The molecule has 5 N–H and O–H groups in total. The van der Waals surface area contributed by atoms with E-state index in [0.717, 1.165) is 12.5 Å². The van der Waals surface area contributed by atoms with Gasteiger partial charge in [0, 0.05) is 19.5 Å². The summed E-state index contributed by atoms with van der Waals surface area (Å²) in [6.07, 6.45) is 6.64. The molecule has 63 heavy (non-hydrogen) atoms. The molecule has 2 aromatic carbocycles. The predicted octanol–water partition coefficient (Wildman–Crippen LogP) is 1.93. The first-order valence-corrected chi connectivity index (χ1v) is 23.1. The van der Waals surface area contributed by atoms with Crippen molar-refractivity contribution in [2.45, 2.75) is 109 Å². The second-order valence-corrected chi connectivity index (χ2v) is 18.5. The first-order valence-electron chi connectivity index (χ1n) is 21.6. The lowest BCUT2D eigenvalue weighted by Gasteiger charge is -2.33. The highest BCUT2D eigenvalue weighted by Gasteiger charge is 2.44. The molecule has 0 radical (unpaired) electrons. The summed E-state index contributed by atoms with van der Waals surface area (Å²) < 4.78 is 42.9. The van der Waals surface area contributed by atoms with Gasteiger partial charge in [-0.05, 0) is 62.1 Å². The third kappa shape index (κ3) is 17.9. The van der Waals surface area contributed by atoms with Crippen LogP contribution in [0.15, 0.2) is 60.7 Å². The lowest BCUT2D eigenvalue weighted by Crippen LogP contribution is -2.60. The van der Waals surface area contributed by atoms with Crippen LogP contribution >= 0.6 is 0 Å². The minimum absolute atomic E-state index is 0.0141. The van der Waals surface area contributed by atoms with Crippen LogP contribution in [-0.4, -0.2) is 136 Å². The number of amides is 3. The molecular weight excluding hydrogens is 831 g/mol. The number of aliphatic hydroxyl groups is 1. The Morgan fingerprint density at radius 2 is 1.35 bits per heavy atom. The van der Waals surface area contributed by atoms with Crippen molar-refractivity contribution in [3.63, 3.8) is 0 Å². The van der Waals surface area contributed by atoms with Crippen molar-refractivity contribution < 1.29 is 51.2 Å². The Balaban J connectivity index is 1.84. The smallest absolute Gasteiger partial charge is 0.291 e. The quantitative estimate of drug-likeness (QED) is 0.0470. The van der Waals surface area contributed by atoms with Gasteiger partial charge in [0.25, 0.3) is 10.1 Å². The molecule has 6 atom stereocenters. The highest BCUT2D eigenvalue weighted by atomic mass is 32.2. The molecule has 0 aliphatic carbocycles. The lowest BCUT2D eigenvalue weighted by atomic mass is 9.90. The van der Waals surface area contributed by atoms with Crippen molar-refractivity contribution in [3.05, 3.63) is 71.8 Å². The maximum absolute atomic E-state index is 14.3. The lowest BCUT2D eigenvalue weighted by molar-refractivity contribution is -0.143. The van der Waals surface area contributed by atoms with E-state index in [0.29, 0.717) is 24.9 Å². The molecule has 3 amide bonds. The summed E-state index contributed by atoms with van der Waals surface area (Å²) in [4.78, 5) is 70.8. The number of likely N-dealkylation sites (N-methyl/N-ethyl adjacent to an activating group) is 1. The standard InChI is InChI=1S/C46H67N5O11S/c1-8-24-61-30-40(52)45(51-22-25-60-26-23-51)63(58,59)62-31-46(7,57)41(53)37(27-32(3)4)48-44(56)39(29-35-18-14-11-15-19-35)50-43(55)38(28-33(5)6)49-42(54)36(47-9-2)21-20-34-16-12-10-13-17-34/h1,10-19,32-33,36-39,45,47,57H,9,20-31H2,2-7H3,(H,48,56)(H,49,54)(H,50,55)/t36-,37-,38-,39-,45?,46+/m0/s1. The number of carbonyl (C=O) groups is 5. The van der Waals surface area contributed by atoms with Crippen LogP contribution < -0.4 is 21.3 Å². The highest BCUT2D eigenvalue weighted by Crippen LogP contribution is 2.20. The van der Waals surface area contributed by atoms with E-state index in [4.69, 9.17) is 20.1 Å². The number of nitrogens with zero attached hydrogens (tertiary/aromatic N) is 1. The number of benzene rings is 2. The maximum Gasteiger partial charge on any atom is 0.291 e. The molecular formula is C46H67N5O11S. The van der Waals surface area contributed by atoms with Gasteiger partial charge in [0.05, 0.1) is 25.3 Å². The van der Waals surface area contributed by atoms with E-state index in [9.17, 15) is 37.5 Å². The highest BCUT2D eigenvalue weighted by molar-refractivity contribution is 7.88. The topological polar surface area (TPSA) is 219 Å². The number of aryl methyl sites for hydroxylation is 1. The summed E-state index contributed by atoms with van der Waals surface area (Å²) in [5, 5.41) is 21.4. The van der Waals surface area contributed by atoms with Crippen LogP contribution in [0.4, 0.5) is 0 Å². The van der Waals surface area contributed by atoms with E-state index in [1.54, 1.807) is 44.2 Å².